The second-order valence-corrected chi connectivity index (χ2v) is 4.25. The molecule has 1 saturated heterocycles. The van der Waals surface area contributed by atoms with Crippen LogP contribution < -0.4 is 10.6 Å². The molecule has 0 aromatic heterocycles. The highest BCUT2D eigenvalue weighted by atomic mass is 19.1. The molecule has 3 nitrogen and oxygen atoms in total. The lowest BCUT2D eigenvalue weighted by molar-refractivity contribution is 0.110. The summed E-state index contributed by atoms with van der Waals surface area (Å²) in [5, 5.41) is 6.37. The van der Waals surface area contributed by atoms with Crippen molar-refractivity contribution in [3.05, 3.63) is 30.1 Å². The van der Waals surface area contributed by atoms with Gasteiger partial charge < -0.3 is 15.4 Å². The lowest BCUT2D eigenvalue weighted by atomic mass is 10.2. The first-order valence-electron chi connectivity index (χ1n) is 6.17. The Morgan fingerprint density at radius 3 is 2.94 bits per heavy atom. The second-order valence-electron chi connectivity index (χ2n) is 4.25. The van der Waals surface area contributed by atoms with E-state index in [1.807, 2.05) is 6.07 Å². The summed E-state index contributed by atoms with van der Waals surface area (Å²) in [5.41, 5.74) is 0.561. The van der Waals surface area contributed by atoms with E-state index in [4.69, 9.17) is 4.74 Å². The fourth-order valence-corrected chi connectivity index (χ4v) is 1.96. The Bertz CT molecular complexity index is 340. The quantitative estimate of drug-likeness (QED) is 0.744. The minimum Gasteiger partial charge on any atom is -0.381 e. The molecule has 0 spiro atoms. The van der Waals surface area contributed by atoms with Gasteiger partial charge in [0.25, 0.3) is 0 Å². The van der Waals surface area contributed by atoms with Crippen LogP contribution in [-0.4, -0.2) is 32.3 Å². The molecular weight excluding hydrogens is 219 g/mol. The Kier molecular flexibility index (Phi) is 4.76. The highest BCUT2D eigenvalue weighted by Gasteiger charge is 2.14. The van der Waals surface area contributed by atoms with Crippen LogP contribution in [0.1, 0.15) is 12.8 Å². The van der Waals surface area contributed by atoms with Gasteiger partial charge in [-0.25, -0.2) is 4.39 Å². The Hall–Kier alpha value is -1.13. The van der Waals surface area contributed by atoms with E-state index in [9.17, 15) is 4.39 Å². The molecule has 1 unspecified atom stereocenters. The Labute approximate surface area is 101 Å². The van der Waals surface area contributed by atoms with Crippen LogP contribution in [0.4, 0.5) is 10.1 Å². The molecule has 1 heterocycles. The van der Waals surface area contributed by atoms with E-state index in [1.165, 1.54) is 12.5 Å². The van der Waals surface area contributed by atoms with Gasteiger partial charge in [0.2, 0.25) is 0 Å². The van der Waals surface area contributed by atoms with Crippen molar-refractivity contribution < 1.29 is 9.13 Å². The van der Waals surface area contributed by atoms with Crippen molar-refractivity contribution in [3.8, 4) is 0 Å². The summed E-state index contributed by atoms with van der Waals surface area (Å²) in [5.74, 6) is -0.202. The smallest absolute Gasteiger partial charge is 0.146 e. The number of rotatable bonds is 6. The van der Waals surface area contributed by atoms with Crippen LogP contribution in [0.2, 0.25) is 0 Å². The molecule has 0 radical (unpaired) electrons. The first kappa shape index (κ1) is 12.3. The van der Waals surface area contributed by atoms with E-state index in [2.05, 4.69) is 10.6 Å². The van der Waals surface area contributed by atoms with E-state index >= 15 is 0 Å². The maximum absolute atomic E-state index is 13.2. The average molecular weight is 238 g/mol. The zero-order valence-electron chi connectivity index (χ0n) is 9.92. The van der Waals surface area contributed by atoms with Gasteiger partial charge in [0, 0.05) is 26.2 Å². The van der Waals surface area contributed by atoms with Crippen LogP contribution in [0, 0.1) is 5.82 Å². The zero-order valence-corrected chi connectivity index (χ0v) is 9.92. The van der Waals surface area contributed by atoms with Gasteiger partial charge in [-0.2, -0.15) is 0 Å². The standard InChI is InChI=1S/C13H19FN2O/c14-12-5-1-2-6-13(12)16-8-7-15-10-11-4-3-9-17-11/h1-2,5-6,11,15-16H,3-4,7-10H2. The van der Waals surface area contributed by atoms with Gasteiger partial charge in [0.05, 0.1) is 11.8 Å². The SMILES string of the molecule is Fc1ccccc1NCCNCC1CCCO1. The highest BCUT2D eigenvalue weighted by molar-refractivity contribution is 5.44. The number of halogens is 1. The lowest BCUT2D eigenvalue weighted by Gasteiger charge is -2.11. The minimum absolute atomic E-state index is 0.202. The maximum atomic E-state index is 13.2. The molecular formula is C13H19FN2O. The number of benzene rings is 1. The molecule has 17 heavy (non-hydrogen) atoms. The minimum atomic E-state index is -0.202. The summed E-state index contributed by atoms with van der Waals surface area (Å²) in [4.78, 5) is 0. The third-order valence-electron chi connectivity index (χ3n) is 2.89. The van der Waals surface area contributed by atoms with Gasteiger partial charge >= 0.3 is 0 Å². The summed E-state index contributed by atoms with van der Waals surface area (Å²) >= 11 is 0. The van der Waals surface area contributed by atoms with Crippen LogP contribution in [0.15, 0.2) is 24.3 Å². The summed E-state index contributed by atoms with van der Waals surface area (Å²) in [7, 11) is 0. The van der Waals surface area contributed by atoms with E-state index < -0.39 is 0 Å². The van der Waals surface area contributed by atoms with Crippen molar-refractivity contribution in [1.29, 1.82) is 0 Å². The van der Waals surface area contributed by atoms with Gasteiger partial charge in [-0.3, -0.25) is 0 Å². The number of nitrogens with one attached hydrogen (secondary N) is 2. The lowest BCUT2D eigenvalue weighted by Crippen LogP contribution is -2.30. The third kappa shape index (κ3) is 3.98. The molecule has 94 valence electrons. The predicted octanol–water partition coefficient (Wildman–Crippen LogP) is 2.01. The predicted molar refractivity (Wildman–Crippen MR) is 66.7 cm³/mol. The van der Waals surface area contributed by atoms with Crippen molar-refractivity contribution in [2.45, 2.75) is 18.9 Å². The number of para-hydroxylation sites is 1. The van der Waals surface area contributed by atoms with Gasteiger partial charge in [-0.15, -0.1) is 0 Å². The summed E-state index contributed by atoms with van der Waals surface area (Å²) < 4.78 is 18.7. The Morgan fingerprint density at radius 1 is 1.29 bits per heavy atom. The fourth-order valence-electron chi connectivity index (χ4n) is 1.96. The molecule has 1 atom stereocenters. The van der Waals surface area contributed by atoms with E-state index in [0.29, 0.717) is 18.3 Å². The summed E-state index contributed by atoms with van der Waals surface area (Å²) in [6.45, 7) is 3.31. The molecule has 1 fully saturated rings. The summed E-state index contributed by atoms with van der Waals surface area (Å²) in [6, 6.07) is 6.72. The monoisotopic (exact) mass is 238 g/mol. The zero-order chi connectivity index (χ0) is 11.9. The molecule has 1 aliphatic rings. The normalized spacial score (nSPS) is 19.5. The Morgan fingerprint density at radius 2 is 2.18 bits per heavy atom. The van der Waals surface area contributed by atoms with Gasteiger partial charge in [0.15, 0.2) is 0 Å². The second kappa shape index (κ2) is 6.57. The molecule has 0 aliphatic carbocycles. The maximum Gasteiger partial charge on any atom is 0.146 e. The number of hydrogen-bond acceptors (Lipinski definition) is 3. The van der Waals surface area contributed by atoms with E-state index in [-0.39, 0.29) is 5.82 Å². The molecule has 0 saturated carbocycles. The number of anilines is 1. The van der Waals surface area contributed by atoms with E-state index in [0.717, 1.165) is 26.1 Å². The van der Waals surface area contributed by atoms with Crippen LogP contribution in [0.5, 0.6) is 0 Å². The topological polar surface area (TPSA) is 33.3 Å². The molecule has 1 aromatic carbocycles. The van der Waals surface area contributed by atoms with Crippen LogP contribution in [-0.2, 0) is 4.74 Å². The van der Waals surface area contributed by atoms with Crippen molar-refractivity contribution in [1.82, 2.24) is 5.32 Å². The fraction of sp³-hybridized carbons (Fsp3) is 0.538. The van der Waals surface area contributed by atoms with Crippen molar-refractivity contribution in [2.75, 3.05) is 31.6 Å². The summed E-state index contributed by atoms with van der Waals surface area (Å²) in [6.07, 6.45) is 2.68. The van der Waals surface area contributed by atoms with Gasteiger partial charge in [-0.05, 0) is 25.0 Å². The molecule has 0 bridgehead atoms. The van der Waals surface area contributed by atoms with E-state index in [1.54, 1.807) is 12.1 Å². The third-order valence-corrected chi connectivity index (χ3v) is 2.89. The number of ether oxygens (including phenoxy) is 1. The van der Waals surface area contributed by atoms with Crippen molar-refractivity contribution >= 4 is 5.69 Å². The molecule has 1 aliphatic heterocycles. The molecule has 1 aromatic rings. The number of hydrogen-bond donors (Lipinski definition) is 2. The molecule has 0 amide bonds. The first-order valence-corrected chi connectivity index (χ1v) is 6.17. The van der Waals surface area contributed by atoms with Crippen LogP contribution >= 0.6 is 0 Å². The molecule has 2 N–H and O–H groups in total. The van der Waals surface area contributed by atoms with Crippen LogP contribution in [0.3, 0.4) is 0 Å². The highest BCUT2D eigenvalue weighted by Crippen LogP contribution is 2.12. The Balaban J connectivity index is 1.58. The largest absolute Gasteiger partial charge is 0.381 e. The van der Waals surface area contributed by atoms with Crippen LogP contribution in [0.25, 0.3) is 0 Å². The van der Waals surface area contributed by atoms with Crippen molar-refractivity contribution in [2.24, 2.45) is 0 Å². The van der Waals surface area contributed by atoms with Gasteiger partial charge in [0.1, 0.15) is 5.82 Å². The van der Waals surface area contributed by atoms with Gasteiger partial charge in [-0.1, -0.05) is 12.1 Å². The average Bonchev–Trinajstić information content (AvgIpc) is 2.84. The van der Waals surface area contributed by atoms with Crippen molar-refractivity contribution in [3.63, 3.8) is 0 Å². The molecule has 2 rings (SSSR count). The molecule has 4 heteroatoms. The first-order chi connectivity index (χ1) is 8.36.